The van der Waals surface area contributed by atoms with Gasteiger partial charge in [-0.2, -0.15) is 0 Å². The summed E-state index contributed by atoms with van der Waals surface area (Å²) >= 11 is 1.85. The van der Waals surface area contributed by atoms with Crippen LogP contribution in [0.15, 0.2) is 436 Å². The first kappa shape index (κ1) is 77.8. The maximum absolute atomic E-state index is 6.35. The van der Waals surface area contributed by atoms with Crippen molar-refractivity contribution >= 4 is 185 Å². The standard InChI is InChI=1S/C43H29N3O.C40H23N3O2.C40H23N3OS/c1-43(2)33-17-9-6-15-31(33)37-34(43)25-24-30-29-14-7-10-18-35(29)46(40(30)37)28-22-20-27(21-23-28)42-44-38(26-12-4-3-5-13-26)41-39(45-42)32-16-8-11-19-36(32)47-41;1-2-11-24(12-3-1)36-39-37(30-17-6-9-20-33(30)45-39)42-40(41-36)25-13-10-14-26(23-25)43-31-18-7-4-15-27(31)28-21-22-34-35(38(28)43)29-16-5-8-19-32(29)44-34;1-2-11-24(12-3-1)36-39-37(29-16-5-8-19-32(29)44-39)42-40(41-36)25-13-10-14-26(23-25)43-31-18-7-4-15-27(31)28-21-22-34-35(38(28)43)30-17-6-9-20-33(30)45-34/h3-25H,1-2H3;2*1-23H. The highest BCUT2D eigenvalue weighted by molar-refractivity contribution is 7.26. The van der Waals surface area contributed by atoms with Crippen LogP contribution in [-0.2, 0) is 5.41 Å². The molecule has 1 aliphatic rings. The Morgan fingerprint density at radius 3 is 1.12 bits per heavy atom. The van der Waals surface area contributed by atoms with E-state index in [0.717, 1.165) is 150 Å². The second-order valence-corrected chi connectivity index (χ2v) is 36.8. The van der Waals surface area contributed by atoms with Crippen molar-refractivity contribution in [1.82, 2.24) is 43.6 Å². The summed E-state index contributed by atoms with van der Waals surface area (Å²) in [5.74, 6) is 1.99. The van der Waals surface area contributed by atoms with Gasteiger partial charge in [0.1, 0.15) is 61.5 Å². The lowest BCUT2D eigenvalue weighted by atomic mass is 9.82. The van der Waals surface area contributed by atoms with Crippen LogP contribution in [0.4, 0.5) is 0 Å². The average molecular weight is 1780 g/mol. The number of rotatable bonds is 9. The molecule has 29 aromatic rings. The first-order chi connectivity index (χ1) is 67.7. The van der Waals surface area contributed by atoms with Gasteiger partial charge in [0.2, 0.25) is 0 Å². The number of nitrogens with zero attached hydrogens (tertiary/aromatic N) is 9. The lowest BCUT2D eigenvalue weighted by Gasteiger charge is -2.21. The Balaban J connectivity index is 0.000000102. The molecule has 0 radical (unpaired) electrons. The van der Waals surface area contributed by atoms with Gasteiger partial charge in [-0.3, -0.25) is 0 Å². The highest BCUT2D eigenvalue weighted by Gasteiger charge is 2.38. The van der Waals surface area contributed by atoms with Crippen LogP contribution >= 0.6 is 11.3 Å². The van der Waals surface area contributed by atoms with Crippen LogP contribution in [0.1, 0.15) is 25.0 Å². The summed E-state index contributed by atoms with van der Waals surface area (Å²) in [6.07, 6.45) is 0. The number of thiophene rings is 1. The predicted molar refractivity (Wildman–Crippen MR) is 561 cm³/mol. The van der Waals surface area contributed by atoms with Crippen LogP contribution < -0.4 is 0 Å². The molecule has 0 fully saturated rings. The molecule has 0 amide bonds. The van der Waals surface area contributed by atoms with E-state index < -0.39 is 0 Å². The van der Waals surface area contributed by atoms with Crippen LogP contribution in [0.3, 0.4) is 0 Å². The van der Waals surface area contributed by atoms with Crippen molar-refractivity contribution in [3.05, 3.63) is 430 Å². The van der Waals surface area contributed by atoms with Gasteiger partial charge in [-0.15, -0.1) is 11.3 Å². The Morgan fingerprint density at radius 2 is 0.613 bits per heavy atom. The molecule has 642 valence electrons. The number of hydrogen-bond donors (Lipinski definition) is 0. The number of benzene rings is 18. The molecule has 0 N–H and O–H groups in total. The van der Waals surface area contributed by atoms with E-state index in [2.05, 4.69) is 325 Å². The molecule has 1 aliphatic carbocycles. The first-order valence-electron chi connectivity index (χ1n) is 46.1. The molecule has 11 aromatic heterocycles. The maximum Gasteiger partial charge on any atom is 0.180 e. The molecule has 0 unspecified atom stereocenters. The van der Waals surface area contributed by atoms with Crippen molar-refractivity contribution in [3.63, 3.8) is 0 Å². The molecule has 0 spiro atoms. The molecule has 18 aromatic carbocycles. The maximum atomic E-state index is 6.35. The molecule has 0 saturated carbocycles. The zero-order chi connectivity index (χ0) is 90.2. The fourth-order valence-corrected chi connectivity index (χ4v) is 22.5. The van der Waals surface area contributed by atoms with Gasteiger partial charge in [-0.05, 0) is 150 Å². The van der Waals surface area contributed by atoms with Crippen LogP contribution in [0.5, 0.6) is 0 Å². The quantitative estimate of drug-likeness (QED) is 0.137. The Labute approximate surface area is 786 Å². The molecular weight excluding hydrogens is 1700 g/mol. The van der Waals surface area contributed by atoms with E-state index in [1.54, 1.807) is 0 Å². The number of hydrogen-bond acceptors (Lipinski definition) is 11. The minimum atomic E-state index is -0.0744. The minimum absolute atomic E-state index is 0.0744. The van der Waals surface area contributed by atoms with Crippen LogP contribution in [0, 0.1) is 0 Å². The van der Waals surface area contributed by atoms with Crippen molar-refractivity contribution < 1.29 is 17.7 Å². The van der Waals surface area contributed by atoms with E-state index in [-0.39, 0.29) is 5.41 Å². The lowest BCUT2D eigenvalue weighted by Crippen LogP contribution is -2.14. The molecule has 0 saturated heterocycles. The zero-order valence-corrected chi connectivity index (χ0v) is 74.7. The molecule has 14 heteroatoms. The van der Waals surface area contributed by atoms with E-state index >= 15 is 0 Å². The Hall–Kier alpha value is -18.0. The number of furan rings is 4. The fourth-order valence-electron chi connectivity index (χ4n) is 21.4. The van der Waals surface area contributed by atoms with Gasteiger partial charge in [0, 0.05) is 135 Å². The minimum Gasteiger partial charge on any atom is -0.456 e. The topological polar surface area (TPSA) is 145 Å². The van der Waals surface area contributed by atoms with Gasteiger partial charge in [0.25, 0.3) is 0 Å². The smallest absolute Gasteiger partial charge is 0.180 e. The summed E-state index contributed by atoms with van der Waals surface area (Å²) < 4.78 is 35.1. The van der Waals surface area contributed by atoms with Crippen LogP contribution in [0.2, 0.25) is 0 Å². The highest BCUT2D eigenvalue weighted by Crippen LogP contribution is 2.54. The second kappa shape index (κ2) is 30.5. The van der Waals surface area contributed by atoms with Gasteiger partial charge in [-0.25, -0.2) is 29.9 Å². The summed E-state index contributed by atoms with van der Waals surface area (Å²) in [7, 11) is 0. The molecule has 0 aliphatic heterocycles. The van der Waals surface area contributed by atoms with Gasteiger partial charge < -0.3 is 31.4 Å². The van der Waals surface area contributed by atoms with Gasteiger partial charge in [0.15, 0.2) is 34.2 Å². The first-order valence-corrected chi connectivity index (χ1v) is 46.9. The SMILES string of the molecule is CC1(C)c2ccccc2-c2c1ccc1c3ccccc3n(-c3ccc(-c4nc(-c5ccccc5)c5oc6ccccc6c5n4)cc3)c21.c1ccc(-c2nc(-c3cccc(-n4c5ccccc5c5ccc6oc7ccccc7c6c54)c3)nc3c2oc2ccccc23)cc1.c1ccc(-c2nc(-c3cccc(-n4c5ccccc5c5ccc6sc7ccccc7c6c54)c3)nc3c2oc2ccccc23)cc1. The van der Waals surface area contributed by atoms with E-state index in [1.807, 2.05) is 133 Å². The second-order valence-electron chi connectivity index (χ2n) is 35.7. The third kappa shape index (κ3) is 12.1. The number of fused-ring (bicyclic) bond motifs is 30. The molecule has 0 bridgehead atoms. The Morgan fingerprint density at radius 1 is 0.234 bits per heavy atom. The molecule has 137 heavy (non-hydrogen) atoms. The summed E-state index contributed by atoms with van der Waals surface area (Å²) in [4.78, 5) is 30.7. The summed E-state index contributed by atoms with van der Waals surface area (Å²) in [5.41, 5.74) is 32.5. The molecular formula is C123H75N9O4S. The summed E-state index contributed by atoms with van der Waals surface area (Å²) in [6.45, 7) is 4.68. The third-order valence-electron chi connectivity index (χ3n) is 27.6. The largest absolute Gasteiger partial charge is 0.456 e. The zero-order valence-electron chi connectivity index (χ0n) is 73.9. The average Bonchev–Trinajstić information content (AvgIpc) is 1.54. The lowest BCUT2D eigenvalue weighted by molar-refractivity contribution is 0.660. The monoisotopic (exact) mass is 1770 g/mol. The molecule has 11 heterocycles. The fraction of sp³-hybridized carbons (Fsp3) is 0.0244. The van der Waals surface area contributed by atoms with Crippen molar-refractivity contribution in [2.75, 3.05) is 0 Å². The van der Waals surface area contributed by atoms with E-state index in [4.69, 9.17) is 47.6 Å². The van der Waals surface area contributed by atoms with Gasteiger partial charge in [-0.1, -0.05) is 299 Å². The van der Waals surface area contributed by atoms with E-state index in [0.29, 0.717) is 34.2 Å². The van der Waals surface area contributed by atoms with E-state index in [1.165, 1.54) is 96.8 Å². The number of aromatic nitrogens is 9. The molecule has 13 nitrogen and oxygen atoms in total. The van der Waals surface area contributed by atoms with E-state index in [9.17, 15) is 0 Å². The van der Waals surface area contributed by atoms with Gasteiger partial charge in [0.05, 0.1) is 38.5 Å². The molecule has 0 atom stereocenters. The van der Waals surface area contributed by atoms with Crippen LogP contribution in [0.25, 0.3) is 270 Å². The van der Waals surface area contributed by atoms with Crippen LogP contribution in [-0.4, -0.2) is 43.6 Å². The van der Waals surface area contributed by atoms with Crippen molar-refractivity contribution in [3.8, 4) is 96.1 Å². The normalized spacial score (nSPS) is 12.5. The number of para-hydroxylation sites is 7. The highest BCUT2D eigenvalue weighted by atomic mass is 32.1. The predicted octanol–water partition coefficient (Wildman–Crippen LogP) is 33.0. The van der Waals surface area contributed by atoms with Crippen molar-refractivity contribution in [2.45, 2.75) is 19.3 Å². The van der Waals surface area contributed by atoms with Crippen molar-refractivity contribution in [2.24, 2.45) is 0 Å². The molecule has 30 rings (SSSR count). The Bertz CT molecular complexity index is 9670. The van der Waals surface area contributed by atoms with Crippen molar-refractivity contribution in [1.29, 1.82) is 0 Å². The third-order valence-corrected chi connectivity index (χ3v) is 28.8. The van der Waals surface area contributed by atoms with Gasteiger partial charge >= 0.3 is 0 Å². The summed E-state index contributed by atoms with van der Waals surface area (Å²) in [6, 6.07) is 146. The summed E-state index contributed by atoms with van der Waals surface area (Å²) in [5, 5.41) is 15.1. The Kier molecular flexibility index (Phi) is 17.3.